The summed E-state index contributed by atoms with van der Waals surface area (Å²) in [5.74, 6) is 0. The average molecular weight is 651 g/mol. The Hall–Kier alpha value is -6.84. The van der Waals surface area contributed by atoms with Crippen molar-refractivity contribution < 1.29 is 4.42 Å². The average Bonchev–Trinajstić information content (AvgIpc) is 3.85. The van der Waals surface area contributed by atoms with Gasteiger partial charge in [0.05, 0.1) is 22.1 Å². The van der Waals surface area contributed by atoms with Gasteiger partial charge in [0.2, 0.25) is 0 Å². The third-order valence-electron chi connectivity index (χ3n) is 10.5. The first-order chi connectivity index (χ1) is 25.3. The molecule has 0 atom stereocenters. The highest BCUT2D eigenvalue weighted by Gasteiger charge is 2.19. The van der Waals surface area contributed by atoms with Crippen molar-refractivity contribution in [3.05, 3.63) is 182 Å². The zero-order chi connectivity index (χ0) is 33.5. The smallest absolute Gasteiger partial charge is 0.143 e. The fraction of sp³-hybridized carbons (Fsp3) is 0. The molecule has 3 aromatic heterocycles. The van der Waals surface area contributed by atoms with Crippen molar-refractivity contribution in [1.29, 1.82) is 0 Å². The molecule has 3 heterocycles. The highest BCUT2D eigenvalue weighted by Crippen LogP contribution is 2.41. The number of nitrogens with zero attached hydrogens (tertiary/aromatic N) is 2. The minimum Gasteiger partial charge on any atom is -0.455 e. The molecule has 11 rings (SSSR count). The molecule has 0 N–H and O–H groups in total. The first kappa shape index (κ1) is 28.0. The Bertz CT molecular complexity index is 3100. The van der Waals surface area contributed by atoms with E-state index in [1.54, 1.807) is 0 Å². The molecule has 3 heteroatoms. The molecule has 0 aliphatic heterocycles. The van der Waals surface area contributed by atoms with Gasteiger partial charge in [-0.3, -0.25) is 0 Å². The standard InChI is InChI=1S/C48H30N2O/c1-2-11-31(12-3-1)32-21-25-34(26-22-32)49-43-18-7-4-13-37(43)41-30-46-42(29-45(41)49)38-14-5-8-19-44(38)50(46)35-27-23-33(24-28-35)36-16-10-17-40-39-15-6-9-20-47(39)51-48(36)40/h1-30H. The first-order valence-corrected chi connectivity index (χ1v) is 17.4. The highest BCUT2D eigenvalue weighted by molar-refractivity contribution is 6.19. The summed E-state index contributed by atoms with van der Waals surface area (Å²) in [6.07, 6.45) is 0. The maximum Gasteiger partial charge on any atom is 0.143 e. The summed E-state index contributed by atoms with van der Waals surface area (Å²) in [4.78, 5) is 0. The molecule has 0 aliphatic rings. The number of para-hydroxylation sites is 4. The second-order valence-corrected chi connectivity index (χ2v) is 13.3. The van der Waals surface area contributed by atoms with E-state index in [0.29, 0.717) is 0 Å². The van der Waals surface area contributed by atoms with E-state index in [1.807, 2.05) is 12.1 Å². The summed E-state index contributed by atoms with van der Waals surface area (Å²) in [6.45, 7) is 0. The first-order valence-electron chi connectivity index (χ1n) is 17.4. The molecule has 0 radical (unpaired) electrons. The predicted octanol–water partition coefficient (Wildman–Crippen LogP) is 13.1. The van der Waals surface area contributed by atoms with Gasteiger partial charge in [-0.05, 0) is 71.3 Å². The number of aromatic nitrogens is 2. The van der Waals surface area contributed by atoms with Crippen LogP contribution < -0.4 is 0 Å². The van der Waals surface area contributed by atoms with Gasteiger partial charge in [0, 0.05) is 49.3 Å². The van der Waals surface area contributed by atoms with Gasteiger partial charge >= 0.3 is 0 Å². The van der Waals surface area contributed by atoms with Gasteiger partial charge in [-0.2, -0.15) is 0 Å². The van der Waals surface area contributed by atoms with Crippen molar-refractivity contribution in [2.75, 3.05) is 0 Å². The molecule has 0 amide bonds. The lowest BCUT2D eigenvalue weighted by atomic mass is 10.0. The fourth-order valence-corrected chi connectivity index (χ4v) is 8.19. The van der Waals surface area contributed by atoms with Crippen molar-refractivity contribution in [1.82, 2.24) is 9.13 Å². The zero-order valence-corrected chi connectivity index (χ0v) is 27.6. The zero-order valence-electron chi connectivity index (χ0n) is 27.6. The third-order valence-corrected chi connectivity index (χ3v) is 10.5. The summed E-state index contributed by atoms with van der Waals surface area (Å²) >= 11 is 0. The Labute approximate surface area is 293 Å². The van der Waals surface area contributed by atoms with Crippen molar-refractivity contribution in [3.8, 4) is 33.6 Å². The van der Waals surface area contributed by atoms with E-state index < -0.39 is 0 Å². The molecular formula is C48H30N2O. The monoisotopic (exact) mass is 650 g/mol. The van der Waals surface area contributed by atoms with Gasteiger partial charge in [0.25, 0.3) is 0 Å². The normalized spacial score (nSPS) is 11.9. The molecule has 11 aromatic rings. The molecule has 0 spiro atoms. The predicted molar refractivity (Wildman–Crippen MR) is 213 cm³/mol. The number of furan rings is 1. The van der Waals surface area contributed by atoms with Crippen LogP contribution in [0.25, 0.3) is 99.2 Å². The summed E-state index contributed by atoms with van der Waals surface area (Å²) in [6, 6.07) is 65.5. The lowest BCUT2D eigenvalue weighted by molar-refractivity contribution is 0.670. The maximum atomic E-state index is 6.38. The van der Waals surface area contributed by atoms with Crippen molar-refractivity contribution >= 4 is 65.6 Å². The topological polar surface area (TPSA) is 23.0 Å². The van der Waals surface area contributed by atoms with Crippen LogP contribution in [0, 0.1) is 0 Å². The van der Waals surface area contributed by atoms with Crippen molar-refractivity contribution in [3.63, 3.8) is 0 Å². The Balaban J connectivity index is 1.10. The van der Waals surface area contributed by atoms with E-state index >= 15 is 0 Å². The van der Waals surface area contributed by atoms with Crippen LogP contribution in [0.4, 0.5) is 0 Å². The van der Waals surface area contributed by atoms with E-state index in [4.69, 9.17) is 4.42 Å². The van der Waals surface area contributed by atoms with Gasteiger partial charge in [-0.25, -0.2) is 0 Å². The maximum absolute atomic E-state index is 6.38. The highest BCUT2D eigenvalue weighted by atomic mass is 16.3. The van der Waals surface area contributed by atoms with Crippen LogP contribution in [0.1, 0.15) is 0 Å². The van der Waals surface area contributed by atoms with Crippen LogP contribution in [0.2, 0.25) is 0 Å². The van der Waals surface area contributed by atoms with Crippen LogP contribution in [0.3, 0.4) is 0 Å². The van der Waals surface area contributed by atoms with E-state index in [2.05, 4.69) is 179 Å². The molecule has 0 fully saturated rings. The molecule has 0 saturated heterocycles. The number of benzene rings is 8. The van der Waals surface area contributed by atoms with E-state index in [-0.39, 0.29) is 0 Å². The molecule has 3 nitrogen and oxygen atoms in total. The largest absolute Gasteiger partial charge is 0.455 e. The number of rotatable bonds is 4. The summed E-state index contributed by atoms with van der Waals surface area (Å²) < 4.78 is 11.2. The van der Waals surface area contributed by atoms with Gasteiger partial charge in [0.1, 0.15) is 11.2 Å². The lowest BCUT2D eigenvalue weighted by Gasteiger charge is -2.11. The second kappa shape index (κ2) is 10.8. The van der Waals surface area contributed by atoms with E-state index in [1.165, 1.54) is 54.7 Å². The van der Waals surface area contributed by atoms with Crippen LogP contribution in [-0.2, 0) is 0 Å². The van der Waals surface area contributed by atoms with Gasteiger partial charge < -0.3 is 13.6 Å². The van der Waals surface area contributed by atoms with E-state index in [9.17, 15) is 0 Å². The molecule has 8 aromatic carbocycles. The van der Waals surface area contributed by atoms with Crippen LogP contribution in [0.15, 0.2) is 186 Å². The summed E-state index contributed by atoms with van der Waals surface area (Å²) in [5, 5.41) is 7.24. The Morgan fingerprint density at radius 3 is 1.43 bits per heavy atom. The number of hydrogen-bond acceptors (Lipinski definition) is 1. The van der Waals surface area contributed by atoms with Crippen LogP contribution >= 0.6 is 0 Å². The van der Waals surface area contributed by atoms with Crippen LogP contribution in [0.5, 0.6) is 0 Å². The van der Waals surface area contributed by atoms with Crippen molar-refractivity contribution in [2.24, 2.45) is 0 Å². The molecule has 0 bridgehead atoms. The van der Waals surface area contributed by atoms with Gasteiger partial charge in [-0.15, -0.1) is 0 Å². The Morgan fingerprint density at radius 2 is 0.804 bits per heavy atom. The minimum atomic E-state index is 0.915. The third kappa shape index (κ3) is 4.19. The SMILES string of the molecule is c1ccc(-c2ccc(-n3c4ccccc4c4cc5c(cc43)c3ccccc3n5-c3ccc(-c4cccc5c4oc4ccccc45)cc3)cc2)cc1. The van der Waals surface area contributed by atoms with Crippen molar-refractivity contribution in [2.45, 2.75) is 0 Å². The number of fused-ring (bicyclic) bond motifs is 9. The minimum absolute atomic E-state index is 0.915. The number of hydrogen-bond donors (Lipinski definition) is 0. The second-order valence-electron chi connectivity index (χ2n) is 13.3. The van der Waals surface area contributed by atoms with E-state index in [0.717, 1.165) is 44.4 Å². The quantitative estimate of drug-likeness (QED) is 0.186. The summed E-state index contributed by atoms with van der Waals surface area (Å²) in [5.41, 5.74) is 13.6. The fourth-order valence-electron chi connectivity index (χ4n) is 8.19. The molecule has 238 valence electrons. The molecule has 0 aliphatic carbocycles. The lowest BCUT2D eigenvalue weighted by Crippen LogP contribution is -1.95. The molecule has 51 heavy (non-hydrogen) atoms. The van der Waals surface area contributed by atoms with Gasteiger partial charge in [0.15, 0.2) is 0 Å². The molecule has 0 unspecified atom stereocenters. The molecule has 0 saturated carbocycles. The molecular weight excluding hydrogens is 621 g/mol. The Kier molecular flexibility index (Phi) is 5.96. The van der Waals surface area contributed by atoms with Gasteiger partial charge in [-0.1, -0.05) is 127 Å². The Morgan fingerprint density at radius 1 is 0.314 bits per heavy atom. The summed E-state index contributed by atoms with van der Waals surface area (Å²) in [7, 11) is 0. The van der Waals surface area contributed by atoms with Crippen LogP contribution in [-0.4, -0.2) is 9.13 Å².